The molecule has 114 valence electrons. The molecule has 0 spiro atoms. The number of hydrogen-bond donors (Lipinski definition) is 1. The molecular formula is C14H20F3NO2. The Kier molecular flexibility index (Phi) is 6.81. The Labute approximate surface area is 117 Å². The van der Waals surface area contributed by atoms with E-state index in [1.807, 2.05) is 31.2 Å². The average molecular weight is 291 g/mol. The van der Waals surface area contributed by atoms with Gasteiger partial charge in [-0.3, -0.25) is 0 Å². The van der Waals surface area contributed by atoms with Gasteiger partial charge in [-0.2, -0.15) is 13.2 Å². The maximum atomic E-state index is 11.8. The summed E-state index contributed by atoms with van der Waals surface area (Å²) in [5.41, 5.74) is 1.07. The van der Waals surface area contributed by atoms with Gasteiger partial charge in [-0.25, -0.2) is 0 Å². The standard InChI is InChI=1S/C14H20F3NO2/c1-11(12-5-3-6-13(9-12)19-2)18-7-4-8-20-10-14(15,16)17/h3,5-6,9,11,18H,4,7-8,10H2,1-2H3/t11-/m1/s1. The monoisotopic (exact) mass is 291 g/mol. The number of nitrogens with one attached hydrogen (secondary N) is 1. The molecule has 0 heterocycles. The van der Waals surface area contributed by atoms with Crippen molar-refractivity contribution in [1.82, 2.24) is 5.32 Å². The number of benzene rings is 1. The smallest absolute Gasteiger partial charge is 0.411 e. The molecule has 0 aliphatic heterocycles. The zero-order valence-corrected chi connectivity index (χ0v) is 11.7. The lowest BCUT2D eigenvalue weighted by Gasteiger charge is -2.15. The molecule has 0 fully saturated rings. The molecule has 6 heteroatoms. The predicted octanol–water partition coefficient (Wildman–Crippen LogP) is 3.31. The number of alkyl halides is 3. The molecule has 20 heavy (non-hydrogen) atoms. The van der Waals surface area contributed by atoms with Crippen molar-refractivity contribution in [2.45, 2.75) is 25.6 Å². The fourth-order valence-corrected chi connectivity index (χ4v) is 1.71. The molecule has 1 aromatic carbocycles. The largest absolute Gasteiger partial charge is 0.497 e. The third kappa shape index (κ3) is 6.77. The highest BCUT2D eigenvalue weighted by atomic mass is 19.4. The van der Waals surface area contributed by atoms with E-state index in [4.69, 9.17) is 4.74 Å². The van der Waals surface area contributed by atoms with Crippen molar-refractivity contribution >= 4 is 0 Å². The van der Waals surface area contributed by atoms with E-state index in [1.54, 1.807) is 7.11 Å². The third-order valence-electron chi connectivity index (χ3n) is 2.78. The molecule has 0 unspecified atom stereocenters. The number of halogens is 3. The van der Waals surface area contributed by atoms with Crippen LogP contribution in [0.5, 0.6) is 5.75 Å². The Morgan fingerprint density at radius 1 is 1.30 bits per heavy atom. The molecular weight excluding hydrogens is 271 g/mol. The topological polar surface area (TPSA) is 30.5 Å². The normalized spacial score (nSPS) is 13.2. The van der Waals surface area contributed by atoms with Crippen LogP contribution in [0.1, 0.15) is 24.9 Å². The van der Waals surface area contributed by atoms with Crippen LogP contribution in [0, 0.1) is 0 Å². The predicted molar refractivity (Wildman–Crippen MR) is 70.9 cm³/mol. The first kappa shape index (κ1) is 16.8. The molecule has 0 aliphatic carbocycles. The molecule has 0 aromatic heterocycles. The van der Waals surface area contributed by atoms with Gasteiger partial charge < -0.3 is 14.8 Å². The highest BCUT2D eigenvalue weighted by Gasteiger charge is 2.27. The van der Waals surface area contributed by atoms with Crippen LogP contribution < -0.4 is 10.1 Å². The van der Waals surface area contributed by atoms with Gasteiger partial charge in [0.1, 0.15) is 12.4 Å². The average Bonchev–Trinajstić information content (AvgIpc) is 2.41. The summed E-state index contributed by atoms with van der Waals surface area (Å²) < 4.78 is 45.2. The van der Waals surface area contributed by atoms with Crippen LogP contribution >= 0.6 is 0 Å². The second kappa shape index (κ2) is 8.11. The van der Waals surface area contributed by atoms with E-state index in [0.717, 1.165) is 11.3 Å². The second-order valence-electron chi connectivity index (χ2n) is 4.47. The van der Waals surface area contributed by atoms with Gasteiger partial charge in [0.05, 0.1) is 7.11 Å². The summed E-state index contributed by atoms with van der Waals surface area (Å²) in [7, 11) is 1.61. The van der Waals surface area contributed by atoms with E-state index in [0.29, 0.717) is 13.0 Å². The molecule has 0 radical (unpaired) electrons. The first-order valence-corrected chi connectivity index (χ1v) is 6.44. The molecule has 0 saturated carbocycles. The van der Waals surface area contributed by atoms with Crippen LogP contribution in [-0.2, 0) is 4.74 Å². The van der Waals surface area contributed by atoms with Crippen molar-refractivity contribution in [3.05, 3.63) is 29.8 Å². The SMILES string of the molecule is COc1cccc([C@@H](C)NCCCOCC(F)(F)F)c1. The van der Waals surface area contributed by atoms with Gasteiger partial charge in [0.15, 0.2) is 0 Å². The Morgan fingerprint density at radius 2 is 2.05 bits per heavy atom. The quantitative estimate of drug-likeness (QED) is 0.745. The minimum absolute atomic E-state index is 0.0946. The lowest BCUT2D eigenvalue weighted by Crippen LogP contribution is -2.22. The molecule has 0 saturated heterocycles. The van der Waals surface area contributed by atoms with Crippen molar-refractivity contribution in [3.8, 4) is 5.75 Å². The molecule has 1 atom stereocenters. The van der Waals surface area contributed by atoms with E-state index < -0.39 is 12.8 Å². The fraction of sp³-hybridized carbons (Fsp3) is 0.571. The van der Waals surface area contributed by atoms with E-state index >= 15 is 0 Å². The molecule has 0 amide bonds. The molecule has 0 bridgehead atoms. The van der Waals surface area contributed by atoms with Gasteiger partial charge in [0, 0.05) is 12.6 Å². The van der Waals surface area contributed by atoms with Crippen LogP contribution in [0.4, 0.5) is 13.2 Å². The van der Waals surface area contributed by atoms with Crippen LogP contribution in [0.25, 0.3) is 0 Å². The van der Waals surface area contributed by atoms with Crippen molar-refractivity contribution in [3.63, 3.8) is 0 Å². The highest BCUT2D eigenvalue weighted by molar-refractivity contribution is 5.30. The summed E-state index contributed by atoms with van der Waals surface area (Å²) in [6, 6.07) is 7.77. The van der Waals surface area contributed by atoms with Crippen molar-refractivity contribution < 1.29 is 22.6 Å². The number of methoxy groups -OCH3 is 1. The van der Waals surface area contributed by atoms with Gasteiger partial charge in [0.25, 0.3) is 0 Å². The first-order valence-electron chi connectivity index (χ1n) is 6.44. The summed E-state index contributed by atoms with van der Waals surface area (Å²) in [4.78, 5) is 0. The zero-order valence-electron chi connectivity index (χ0n) is 11.7. The minimum Gasteiger partial charge on any atom is -0.497 e. The van der Waals surface area contributed by atoms with Crippen molar-refractivity contribution in [2.24, 2.45) is 0 Å². The van der Waals surface area contributed by atoms with Crippen LogP contribution in [-0.4, -0.2) is 33.0 Å². The third-order valence-corrected chi connectivity index (χ3v) is 2.78. The van der Waals surface area contributed by atoms with Crippen LogP contribution in [0.15, 0.2) is 24.3 Å². The summed E-state index contributed by atoms with van der Waals surface area (Å²) in [5, 5.41) is 3.23. The lowest BCUT2D eigenvalue weighted by molar-refractivity contribution is -0.173. The first-order chi connectivity index (χ1) is 9.42. The van der Waals surface area contributed by atoms with Gasteiger partial charge in [-0.1, -0.05) is 12.1 Å². The molecule has 3 nitrogen and oxygen atoms in total. The number of ether oxygens (including phenoxy) is 2. The lowest BCUT2D eigenvalue weighted by atomic mass is 10.1. The number of rotatable bonds is 8. The Hall–Kier alpha value is -1.27. The number of hydrogen-bond acceptors (Lipinski definition) is 3. The molecule has 1 N–H and O–H groups in total. The second-order valence-corrected chi connectivity index (χ2v) is 4.47. The molecule has 1 aromatic rings. The van der Waals surface area contributed by atoms with Gasteiger partial charge in [-0.15, -0.1) is 0 Å². The Morgan fingerprint density at radius 3 is 2.70 bits per heavy atom. The summed E-state index contributed by atoms with van der Waals surface area (Å²) in [5.74, 6) is 0.782. The van der Waals surface area contributed by atoms with Gasteiger partial charge >= 0.3 is 6.18 Å². The highest BCUT2D eigenvalue weighted by Crippen LogP contribution is 2.18. The summed E-state index contributed by atoms with van der Waals surface area (Å²) >= 11 is 0. The maximum Gasteiger partial charge on any atom is 0.411 e. The van der Waals surface area contributed by atoms with E-state index in [9.17, 15) is 13.2 Å². The van der Waals surface area contributed by atoms with E-state index in [-0.39, 0.29) is 12.6 Å². The zero-order chi connectivity index (χ0) is 15.0. The summed E-state index contributed by atoms with van der Waals surface area (Å²) in [6.07, 6.45) is -3.72. The van der Waals surface area contributed by atoms with E-state index in [2.05, 4.69) is 10.1 Å². The maximum absolute atomic E-state index is 11.8. The van der Waals surface area contributed by atoms with E-state index in [1.165, 1.54) is 0 Å². The van der Waals surface area contributed by atoms with Gasteiger partial charge in [0.2, 0.25) is 0 Å². The van der Waals surface area contributed by atoms with Crippen molar-refractivity contribution in [2.75, 3.05) is 26.9 Å². The minimum atomic E-state index is -4.25. The fourth-order valence-electron chi connectivity index (χ4n) is 1.71. The van der Waals surface area contributed by atoms with Crippen LogP contribution in [0.2, 0.25) is 0 Å². The molecule has 0 aliphatic rings. The van der Waals surface area contributed by atoms with Gasteiger partial charge in [-0.05, 0) is 37.6 Å². The summed E-state index contributed by atoms with van der Waals surface area (Å²) in [6.45, 7) is 1.50. The Balaban J connectivity index is 2.21. The van der Waals surface area contributed by atoms with Crippen molar-refractivity contribution in [1.29, 1.82) is 0 Å². The molecule has 1 rings (SSSR count). The Bertz CT molecular complexity index is 396. The van der Waals surface area contributed by atoms with Crippen LogP contribution in [0.3, 0.4) is 0 Å².